The fraction of sp³-hybridized carbons (Fsp3) is 0.227. The normalized spacial score (nSPS) is 15.6. The van der Waals surface area contributed by atoms with Crippen molar-refractivity contribution < 1.29 is 27.8 Å². The molecule has 1 atom stereocenters. The van der Waals surface area contributed by atoms with E-state index in [1.807, 2.05) is 0 Å². The fourth-order valence-electron chi connectivity index (χ4n) is 4.10. The summed E-state index contributed by atoms with van der Waals surface area (Å²) in [6.45, 7) is -0.286. The zero-order valence-electron chi connectivity index (χ0n) is 17.3. The zero-order chi connectivity index (χ0) is 23.5. The number of imidazole rings is 1. The number of likely N-dealkylation sites (N-methyl/N-ethyl adjacent to an activating group) is 1. The zero-order valence-corrected chi connectivity index (χ0v) is 17.3. The highest BCUT2D eigenvalue weighted by atomic mass is 19.4. The van der Waals surface area contributed by atoms with Crippen molar-refractivity contribution in [3.05, 3.63) is 65.1 Å². The second kappa shape index (κ2) is 7.34. The first-order chi connectivity index (χ1) is 15.7. The van der Waals surface area contributed by atoms with Crippen molar-refractivity contribution in [3.63, 3.8) is 0 Å². The minimum absolute atomic E-state index is 0.0466. The van der Waals surface area contributed by atoms with Gasteiger partial charge in [0.1, 0.15) is 36.1 Å². The van der Waals surface area contributed by atoms with Gasteiger partial charge in [0.05, 0.1) is 28.8 Å². The Kier molecular flexibility index (Phi) is 4.67. The van der Waals surface area contributed by atoms with E-state index in [-0.39, 0.29) is 30.7 Å². The second-order valence-corrected chi connectivity index (χ2v) is 7.75. The number of carbonyl (C=O) groups is 1. The number of amides is 1. The lowest BCUT2D eigenvalue weighted by Crippen LogP contribution is -2.32. The van der Waals surface area contributed by atoms with Crippen molar-refractivity contribution in [1.82, 2.24) is 19.3 Å². The van der Waals surface area contributed by atoms with Gasteiger partial charge in [-0.1, -0.05) is 6.07 Å². The minimum Gasteiger partial charge on any atom is -0.491 e. The fourth-order valence-corrected chi connectivity index (χ4v) is 4.10. The number of anilines is 1. The SMILES string of the molecule is CN(C(=O)c1ccc2nc(N)c3cnc(CO)n3c2c1)[C@@H]1COc2cc(C(F)(F)F)ccc21. The third kappa shape index (κ3) is 3.32. The average Bonchev–Trinajstić information content (AvgIpc) is 3.42. The number of alkyl halides is 3. The third-order valence-electron chi connectivity index (χ3n) is 5.83. The Bertz CT molecular complexity index is 1420. The van der Waals surface area contributed by atoms with Gasteiger partial charge in [-0.15, -0.1) is 0 Å². The molecule has 0 unspecified atom stereocenters. The number of hydrogen-bond acceptors (Lipinski definition) is 6. The van der Waals surface area contributed by atoms with Crippen molar-refractivity contribution in [1.29, 1.82) is 0 Å². The van der Waals surface area contributed by atoms with Gasteiger partial charge in [0.2, 0.25) is 0 Å². The van der Waals surface area contributed by atoms with Crippen LogP contribution in [0.3, 0.4) is 0 Å². The summed E-state index contributed by atoms with van der Waals surface area (Å²) >= 11 is 0. The van der Waals surface area contributed by atoms with Crippen LogP contribution in [0, 0.1) is 0 Å². The lowest BCUT2D eigenvalue weighted by Gasteiger charge is -2.24. The predicted molar refractivity (Wildman–Crippen MR) is 113 cm³/mol. The molecule has 1 aliphatic heterocycles. The molecule has 0 bridgehead atoms. The van der Waals surface area contributed by atoms with E-state index >= 15 is 0 Å². The number of nitrogen functional groups attached to an aromatic ring is 1. The number of benzene rings is 2. The number of halogens is 3. The van der Waals surface area contributed by atoms with Gasteiger partial charge in [0, 0.05) is 18.2 Å². The standard InChI is InChI=1S/C22H18F3N5O3/c1-29(17-10-33-18-7-12(22(23,24)25)3-4-13(17)18)21(32)11-2-5-14-15(6-11)30-16(20(26)28-14)8-27-19(30)9-31/h2-8,17,31H,9-10H2,1H3,(H2,26,28)/t17-/m1/s1. The van der Waals surface area contributed by atoms with E-state index in [1.165, 1.54) is 17.2 Å². The molecule has 1 amide bonds. The van der Waals surface area contributed by atoms with Crippen molar-refractivity contribution in [2.75, 3.05) is 19.4 Å². The highest BCUT2D eigenvalue weighted by molar-refractivity contribution is 5.98. The summed E-state index contributed by atoms with van der Waals surface area (Å²) in [7, 11) is 1.57. The minimum atomic E-state index is -4.48. The molecule has 11 heteroatoms. The molecule has 0 radical (unpaired) electrons. The van der Waals surface area contributed by atoms with Crippen molar-refractivity contribution >= 4 is 28.3 Å². The molecule has 4 aromatic rings. The Labute approximate surface area is 185 Å². The van der Waals surface area contributed by atoms with E-state index in [1.54, 1.807) is 29.6 Å². The number of hydrogen-bond donors (Lipinski definition) is 2. The molecule has 0 saturated carbocycles. The van der Waals surface area contributed by atoms with Gasteiger partial charge in [0.15, 0.2) is 0 Å². The highest BCUT2D eigenvalue weighted by Crippen LogP contribution is 2.40. The number of carbonyl (C=O) groups excluding carboxylic acids is 1. The molecular weight excluding hydrogens is 439 g/mol. The van der Waals surface area contributed by atoms with Gasteiger partial charge in [-0.05, 0) is 30.3 Å². The third-order valence-corrected chi connectivity index (χ3v) is 5.83. The summed E-state index contributed by atoms with van der Waals surface area (Å²) < 4.78 is 46.1. The van der Waals surface area contributed by atoms with Crippen molar-refractivity contribution in [2.45, 2.75) is 18.8 Å². The first kappa shape index (κ1) is 21.0. The molecule has 2 aromatic heterocycles. The van der Waals surface area contributed by atoms with Gasteiger partial charge >= 0.3 is 6.18 Å². The predicted octanol–water partition coefficient (Wildman–Crippen LogP) is 3.18. The van der Waals surface area contributed by atoms with Gasteiger partial charge in [-0.3, -0.25) is 9.20 Å². The average molecular weight is 457 g/mol. The number of aromatic nitrogens is 3. The van der Waals surface area contributed by atoms with Crippen LogP contribution in [-0.2, 0) is 12.8 Å². The summed E-state index contributed by atoms with van der Waals surface area (Å²) in [6, 6.07) is 7.59. The van der Waals surface area contributed by atoms with E-state index in [2.05, 4.69) is 9.97 Å². The quantitative estimate of drug-likeness (QED) is 0.490. The number of nitrogens with two attached hydrogens (primary N) is 1. The molecule has 170 valence electrons. The molecule has 5 rings (SSSR count). The molecule has 33 heavy (non-hydrogen) atoms. The largest absolute Gasteiger partial charge is 0.491 e. The van der Waals surface area contributed by atoms with Crippen LogP contribution in [0.15, 0.2) is 42.6 Å². The smallest absolute Gasteiger partial charge is 0.416 e. The maximum Gasteiger partial charge on any atom is 0.416 e. The number of aliphatic hydroxyl groups excluding tert-OH is 1. The van der Waals surface area contributed by atoms with Crippen LogP contribution in [0.4, 0.5) is 19.0 Å². The second-order valence-electron chi connectivity index (χ2n) is 7.75. The van der Waals surface area contributed by atoms with Crippen LogP contribution in [0.2, 0.25) is 0 Å². The van der Waals surface area contributed by atoms with E-state index in [0.29, 0.717) is 33.5 Å². The number of fused-ring (bicyclic) bond motifs is 4. The first-order valence-corrected chi connectivity index (χ1v) is 9.96. The number of aliphatic hydroxyl groups is 1. The monoisotopic (exact) mass is 457 g/mol. The molecule has 3 heterocycles. The Hall–Kier alpha value is -3.86. The topological polar surface area (TPSA) is 106 Å². The van der Waals surface area contributed by atoms with E-state index < -0.39 is 17.8 Å². The molecule has 0 fully saturated rings. The summed E-state index contributed by atoms with van der Waals surface area (Å²) in [6.07, 6.45) is -2.98. The van der Waals surface area contributed by atoms with E-state index in [0.717, 1.165) is 12.1 Å². The van der Waals surface area contributed by atoms with Gasteiger partial charge in [-0.25, -0.2) is 9.97 Å². The Morgan fingerprint density at radius 3 is 2.79 bits per heavy atom. The Morgan fingerprint density at radius 1 is 1.27 bits per heavy atom. The molecule has 3 N–H and O–H groups in total. The van der Waals surface area contributed by atoms with E-state index in [4.69, 9.17) is 10.5 Å². The van der Waals surface area contributed by atoms with Crippen LogP contribution in [0.25, 0.3) is 16.6 Å². The Balaban J connectivity index is 1.52. The first-order valence-electron chi connectivity index (χ1n) is 9.96. The molecule has 0 aliphatic carbocycles. The summed E-state index contributed by atoms with van der Waals surface area (Å²) in [4.78, 5) is 23.2. The summed E-state index contributed by atoms with van der Waals surface area (Å²) in [5.41, 5.74) is 7.58. The van der Waals surface area contributed by atoms with Crippen LogP contribution in [0.1, 0.15) is 33.4 Å². The maximum absolute atomic E-state index is 13.3. The molecule has 8 nitrogen and oxygen atoms in total. The molecule has 1 aliphatic rings. The van der Waals surface area contributed by atoms with Crippen LogP contribution in [-0.4, -0.2) is 43.9 Å². The van der Waals surface area contributed by atoms with Crippen LogP contribution < -0.4 is 10.5 Å². The van der Waals surface area contributed by atoms with Crippen LogP contribution >= 0.6 is 0 Å². The molecular formula is C22H18F3N5O3. The number of ether oxygens (including phenoxy) is 1. The molecule has 0 saturated heterocycles. The lowest BCUT2D eigenvalue weighted by atomic mass is 10.0. The molecule has 2 aromatic carbocycles. The highest BCUT2D eigenvalue weighted by Gasteiger charge is 2.36. The van der Waals surface area contributed by atoms with Gasteiger partial charge in [0.25, 0.3) is 5.91 Å². The molecule has 0 spiro atoms. The Morgan fingerprint density at radius 2 is 2.06 bits per heavy atom. The van der Waals surface area contributed by atoms with Gasteiger partial charge in [-0.2, -0.15) is 13.2 Å². The summed E-state index contributed by atoms with van der Waals surface area (Å²) in [5, 5.41) is 9.64. The van der Waals surface area contributed by atoms with Crippen molar-refractivity contribution in [2.24, 2.45) is 0 Å². The lowest BCUT2D eigenvalue weighted by molar-refractivity contribution is -0.137. The van der Waals surface area contributed by atoms with Crippen molar-refractivity contribution in [3.8, 4) is 5.75 Å². The van der Waals surface area contributed by atoms with Gasteiger partial charge < -0.3 is 20.5 Å². The van der Waals surface area contributed by atoms with Crippen LogP contribution in [0.5, 0.6) is 5.75 Å². The number of rotatable bonds is 3. The number of nitrogens with zero attached hydrogens (tertiary/aromatic N) is 4. The maximum atomic E-state index is 13.3. The van der Waals surface area contributed by atoms with E-state index in [9.17, 15) is 23.1 Å². The summed E-state index contributed by atoms with van der Waals surface area (Å²) in [5.74, 6) is 0.346.